The molecule has 1 saturated heterocycles. The lowest BCUT2D eigenvalue weighted by Gasteiger charge is -2.34. The summed E-state index contributed by atoms with van der Waals surface area (Å²) in [5.41, 5.74) is 0.359. The molecule has 3 rings (SSSR count). The van der Waals surface area contributed by atoms with Crippen molar-refractivity contribution in [1.82, 2.24) is 4.31 Å². The molecule has 0 aromatic heterocycles. The first-order chi connectivity index (χ1) is 16.0. The van der Waals surface area contributed by atoms with Gasteiger partial charge in [0.15, 0.2) is 0 Å². The van der Waals surface area contributed by atoms with E-state index in [9.17, 15) is 22.8 Å². The van der Waals surface area contributed by atoms with Crippen LogP contribution in [0.3, 0.4) is 0 Å². The number of anilines is 1. The molecular weight excluding hydrogens is 460 g/mol. The summed E-state index contributed by atoms with van der Waals surface area (Å²) in [5, 5.41) is 2.61. The van der Waals surface area contributed by atoms with Gasteiger partial charge in [0.1, 0.15) is 0 Å². The van der Waals surface area contributed by atoms with Gasteiger partial charge in [-0.3, -0.25) is 4.79 Å². The highest BCUT2D eigenvalue weighted by atomic mass is 32.2. The van der Waals surface area contributed by atoms with Gasteiger partial charge in [-0.25, -0.2) is 18.0 Å². The Hall–Kier alpha value is -3.24. The van der Waals surface area contributed by atoms with Gasteiger partial charge in [-0.05, 0) is 54.7 Å². The van der Waals surface area contributed by atoms with E-state index in [1.807, 2.05) is 13.8 Å². The molecule has 1 aliphatic rings. The summed E-state index contributed by atoms with van der Waals surface area (Å²) < 4.78 is 37.3. The van der Waals surface area contributed by atoms with E-state index in [1.165, 1.54) is 61.0 Å². The zero-order chi connectivity index (χ0) is 25.0. The van der Waals surface area contributed by atoms with Crippen molar-refractivity contribution < 1.29 is 32.3 Å². The zero-order valence-corrected chi connectivity index (χ0v) is 20.3. The van der Waals surface area contributed by atoms with Crippen molar-refractivity contribution in [3.8, 4) is 0 Å². The van der Waals surface area contributed by atoms with Crippen LogP contribution in [-0.2, 0) is 19.5 Å². The Kier molecular flexibility index (Phi) is 7.73. The number of carbonyl (C=O) groups excluding carboxylic acids is 3. The van der Waals surface area contributed by atoms with E-state index >= 15 is 0 Å². The quantitative estimate of drug-likeness (QED) is 0.620. The van der Waals surface area contributed by atoms with Crippen LogP contribution in [0.2, 0.25) is 0 Å². The first-order valence-corrected chi connectivity index (χ1v) is 12.2. The van der Waals surface area contributed by atoms with Gasteiger partial charge in [0, 0.05) is 24.3 Å². The highest BCUT2D eigenvalue weighted by Gasteiger charge is 2.32. The lowest BCUT2D eigenvalue weighted by molar-refractivity contribution is 0.0598. The molecule has 0 saturated carbocycles. The molecule has 182 valence electrons. The fourth-order valence-corrected chi connectivity index (χ4v) is 5.85. The lowest BCUT2D eigenvalue weighted by atomic mass is 9.94. The third-order valence-corrected chi connectivity index (χ3v) is 7.43. The van der Waals surface area contributed by atoms with Gasteiger partial charge in [-0.2, -0.15) is 4.31 Å². The Morgan fingerprint density at radius 2 is 1.44 bits per heavy atom. The van der Waals surface area contributed by atoms with Crippen LogP contribution in [-0.4, -0.2) is 57.9 Å². The van der Waals surface area contributed by atoms with Crippen LogP contribution >= 0.6 is 0 Å². The van der Waals surface area contributed by atoms with E-state index in [2.05, 4.69) is 5.32 Å². The van der Waals surface area contributed by atoms with Crippen molar-refractivity contribution >= 4 is 33.6 Å². The van der Waals surface area contributed by atoms with Crippen LogP contribution in [0, 0.1) is 11.8 Å². The molecule has 0 radical (unpaired) electrons. The topological polar surface area (TPSA) is 119 Å². The van der Waals surface area contributed by atoms with Crippen LogP contribution in [0.15, 0.2) is 47.4 Å². The van der Waals surface area contributed by atoms with Crippen LogP contribution in [0.4, 0.5) is 5.69 Å². The largest absolute Gasteiger partial charge is 0.465 e. The monoisotopic (exact) mass is 488 g/mol. The normalized spacial score (nSPS) is 18.7. The van der Waals surface area contributed by atoms with Crippen molar-refractivity contribution in [2.75, 3.05) is 32.6 Å². The van der Waals surface area contributed by atoms with Gasteiger partial charge in [0.2, 0.25) is 10.0 Å². The molecule has 1 aliphatic heterocycles. The van der Waals surface area contributed by atoms with Gasteiger partial charge in [0.05, 0.1) is 30.2 Å². The van der Waals surface area contributed by atoms with Gasteiger partial charge in [0.25, 0.3) is 5.91 Å². The van der Waals surface area contributed by atoms with Gasteiger partial charge >= 0.3 is 11.9 Å². The fourth-order valence-electron chi connectivity index (χ4n) is 4.12. The van der Waals surface area contributed by atoms with Crippen molar-refractivity contribution in [2.24, 2.45) is 11.8 Å². The van der Waals surface area contributed by atoms with Crippen molar-refractivity contribution in [3.05, 3.63) is 59.2 Å². The molecule has 1 heterocycles. The van der Waals surface area contributed by atoms with E-state index in [1.54, 1.807) is 0 Å². The first-order valence-electron chi connectivity index (χ1n) is 10.8. The molecule has 34 heavy (non-hydrogen) atoms. The van der Waals surface area contributed by atoms with E-state index < -0.39 is 27.9 Å². The van der Waals surface area contributed by atoms with Gasteiger partial charge in [-0.1, -0.05) is 19.9 Å². The number of methoxy groups -OCH3 is 2. The smallest absolute Gasteiger partial charge is 0.337 e. The maximum absolute atomic E-state index is 13.2. The summed E-state index contributed by atoms with van der Waals surface area (Å²) in [7, 11) is -1.38. The number of piperidine rings is 1. The average Bonchev–Trinajstić information content (AvgIpc) is 2.82. The standard InChI is InChI=1S/C24H28N2O7S/c1-15-8-16(2)14-26(13-15)34(30,31)21-7-5-6-17(12-21)22(27)25-20-10-18(23(28)32-3)9-19(11-20)24(29)33-4/h5-7,9-12,15-16H,8,13-14H2,1-4H3,(H,25,27). The molecule has 0 bridgehead atoms. The molecule has 1 N–H and O–H groups in total. The second-order valence-electron chi connectivity index (χ2n) is 8.53. The lowest BCUT2D eigenvalue weighted by Crippen LogP contribution is -2.42. The molecule has 0 spiro atoms. The number of esters is 2. The highest BCUT2D eigenvalue weighted by Crippen LogP contribution is 2.27. The van der Waals surface area contributed by atoms with Crippen molar-refractivity contribution in [3.63, 3.8) is 0 Å². The van der Waals surface area contributed by atoms with Crippen LogP contribution in [0.1, 0.15) is 51.3 Å². The Labute approximate surface area is 199 Å². The third kappa shape index (κ3) is 5.63. The minimum Gasteiger partial charge on any atom is -0.465 e. The van der Waals surface area contributed by atoms with Crippen LogP contribution in [0.25, 0.3) is 0 Å². The molecule has 0 aliphatic carbocycles. The Bertz CT molecular complexity index is 1170. The predicted octanol–water partition coefficient (Wildman–Crippen LogP) is 3.18. The Balaban J connectivity index is 1.88. The Morgan fingerprint density at radius 3 is 1.97 bits per heavy atom. The predicted molar refractivity (Wildman–Crippen MR) is 125 cm³/mol. The maximum atomic E-state index is 13.2. The molecule has 2 aromatic carbocycles. The van der Waals surface area contributed by atoms with Gasteiger partial charge < -0.3 is 14.8 Å². The van der Waals surface area contributed by atoms with E-state index in [0.29, 0.717) is 13.1 Å². The maximum Gasteiger partial charge on any atom is 0.337 e. The van der Waals surface area contributed by atoms with Crippen LogP contribution < -0.4 is 5.32 Å². The Morgan fingerprint density at radius 1 is 0.882 bits per heavy atom. The molecular formula is C24H28N2O7S. The number of hydrogen-bond acceptors (Lipinski definition) is 7. The number of nitrogens with zero attached hydrogens (tertiary/aromatic N) is 1. The third-order valence-electron chi connectivity index (χ3n) is 5.60. The first kappa shape index (κ1) is 25.4. The summed E-state index contributed by atoms with van der Waals surface area (Å²) in [4.78, 5) is 36.9. The SMILES string of the molecule is COC(=O)c1cc(NC(=O)c2cccc(S(=O)(=O)N3CC(C)CC(C)C3)c2)cc(C(=O)OC)c1. The molecule has 2 atom stereocenters. The number of ether oxygens (including phenoxy) is 2. The van der Waals surface area contributed by atoms with Crippen LogP contribution in [0.5, 0.6) is 0 Å². The molecule has 10 heteroatoms. The second-order valence-corrected chi connectivity index (χ2v) is 10.5. The summed E-state index contributed by atoms with van der Waals surface area (Å²) in [5.74, 6) is -1.50. The van der Waals surface area contributed by atoms with E-state index in [0.717, 1.165) is 6.42 Å². The summed E-state index contributed by atoms with van der Waals surface area (Å²) >= 11 is 0. The van der Waals surface area contributed by atoms with Crippen molar-refractivity contribution in [2.45, 2.75) is 25.2 Å². The molecule has 9 nitrogen and oxygen atoms in total. The molecule has 1 fully saturated rings. The van der Waals surface area contributed by atoms with Crippen molar-refractivity contribution in [1.29, 1.82) is 0 Å². The average molecular weight is 489 g/mol. The molecule has 2 aromatic rings. The van der Waals surface area contributed by atoms with E-state index in [4.69, 9.17) is 9.47 Å². The number of benzene rings is 2. The summed E-state index contributed by atoms with van der Waals surface area (Å²) in [6.45, 7) is 4.90. The summed E-state index contributed by atoms with van der Waals surface area (Å²) in [6.07, 6.45) is 0.965. The minimum atomic E-state index is -3.77. The zero-order valence-electron chi connectivity index (χ0n) is 19.5. The van der Waals surface area contributed by atoms with Gasteiger partial charge in [-0.15, -0.1) is 0 Å². The summed E-state index contributed by atoms with van der Waals surface area (Å²) in [6, 6.07) is 9.77. The highest BCUT2D eigenvalue weighted by molar-refractivity contribution is 7.89. The number of hydrogen-bond donors (Lipinski definition) is 1. The molecule has 1 amide bonds. The number of sulfonamides is 1. The fraction of sp³-hybridized carbons (Fsp3) is 0.375. The van der Waals surface area contributed by atoms with E-state index in [-0.39, 0.29) is 39.1 Å². The number of nitrogens with one attached hydrogen (secondary N) is 1. The molecule has 2 unspecified atom stereocenters. The number of carbonyl (C=O) groups is 3. The second kappa shape index (κ2) is 10.4. The number of rotatable bonds is 6. The number of amides is 1. The minimum absolute atomic E-state index is 0.0278.